The van der Waals surface area contributed by atoms with E-state index in [1.165, 1.54) is 0 Å². The maximum absolute atomic E-state index is 12.4. The zero-order valence-corrected chi connectivity index (χ0v) is 15.6. The van der Waals surface area contributed by atoms with Gasteiger partial charge in [0.2, 0.25) is 18.5 Å². The summed E-state index contributed by atoms with van der Waals surface area (Å²) in [5.41, 5.74) is 1.42. The minimum absolute atomic E-state index is 0.00783. The van der Waals surface area contributed by atoms with E-state index in [-0.39, 0.29) is 18.7 Å². The Kier molecular flexibility index (Phi) is 4.19. The molecule has 1 aromatic heterocycles. The first-order valence-electron chi connectivity index (χ1n) is 9.14. The Morgan fingerprint density at radius 1 is 1.17 bits per heavy atom. The zero-order chi connectivity index (χ0) is 19.8. The maximum atomic E-state index is 12.4. The lowest BCUT2D eigenvalue weighted by Crippen LogP contribution is -2.50. The number of urea groups is 1. The van der Waals surface area contributed by atoms with Crippen molar-refractivity contribution < 1.29 is 23.5 Å². The summed E-state index contributed by atoms with van der Waals surface area (Å²) in [4.78, 5) is 18.6. The standard InChI is InChI=1S/C20H18N4O5/c1-26-15-5-3-2-4-14(15)18-22-19(29-23-18)12-9-24(10-12)20(25)21-13-6-7-16-17(8-13)28-11-27-16/h2-8,12H,9-11H2,1H3,(H,21,25). The quantitative estimate of drug-likeness (QED) is 0.726. The lowest BCUT2D eigenvalue weighted by molar-refractivity contribution is 0.147. The average molecular weight is 394 g/mol. The fourth-order valence-electron chi connectivity index (χ4n) is 3.32. The summed E-state index contributed by atoms with van der Waals surface area (Å²) in [5.74, 6) is 2.97. The predicted octanol–water partition coefficient (Wildman–Crippen LogP) is 3.11. The zero-order valence-electron chi connectivity index (χ0n) is 15.6. The molecule has 0 atom stereocenters. The number of nitrogens with zero attached hydrogens (tertiary/aromatic N) is 3. The number of rotatable bonds is 4. The van der Waals surface area contributed by atoms with Crippen LogP contribution >= 0.6 is 0 Å². The number of benzene rings is 2. The van der Waals surface area contributed by atoms with Crippen LogP contribution in [0.3, 0.4) is 0 Å². The first-order chi connectivity index (χ1) is 14.2. The van der Waals surface area contributed by atoms with Crippen LogP contribution < -0.4 is 19.5 Å². The maximum Gasteiger partial charge on any atom is 0.321 e. The van der Waals surface area contributed by atoms with Crippen LogP contribution in [0.4, 0.5) is 10.5 Å². The van der Waals surface area contributed by atoms with Gasteiger partial charge in [-0.1, -0.05) is 17.3 Å². The normalized spacial score (nSPS) is 15.1. The summed E-state index contributed by atoms with van der Waals surface area (Å²) in [6.45, 7) is 1.20. The van der Waals surface area contributed by atoms with Crippen molar-refractivity contribution in [3.8, 4) is 28.6 Å². The first kappa shape index (κ1) is 17.4. The SMILES string of the molecule is COc1ccccc1-c1noc(C2CN(C(=O)Nc3ccc4c(c3)OCO4)C2)n1. The van der Waals surface area contributed by atoms with Crippen molar-refractivity contribution in [2.75, 3.05) is 32.3 Å². The van der Waals surface area contributed by atoms with E-state index in [0.29, 0.717) is 47.7 Å². The van der Waals surface area contributed by atoms with Crippen LogP contribution in [0.15, 0.2) is 47.0 Å². The van der Waals surface area contributed by atoms with E-state index in [9.17, 15) is 4.79 Å². The van der Waals surface area contributed by atoms with Gasteiger partial charge < -0.3 is 29.0 Å². The second-order valence-electron chi connectivity index (χ2n) is 6.76. The Balaban J connectivity index is 1.21. The Hall–Kier alpha value is -3.75. The van der Waals surface area contributed by atoms with Crippen molar-refractivity contribution in [1.29, 1.82) is 0 Å². The van der Waals surface area contributed by atoms with Crippen LogP contribution in [0.25, 0.3) is 11.4 Å². The molecule has 0 aliphatic carbocycles. The molecule has 3 heterocycles. The van der Waals surface area contributed by atoms with Gasteiger partial charge in [-0.2, -0.15) is 4.98 Å². The highest BCUT2D eigenvalue weighted by molar-refractivity contribution is 5.90. The summed E-state index contributed by atoms with van der Waals surface area (Å²) < 4.78 is 21.4. The molecule has 2 aliphatic heterocycles. The van der Waals surface area contributed by atoms with Gasteiger partial charge in [0, 0.05) is 24.8 Å². The first-order valence-corrected chi connectivity index (χ1v) is 9.14. The Morgan fingerprint density at radius 3 is 2.86 bits per heavy atom. The number of hydrogen-bond acceptors (Lipinski definition) is 7. The van der Waals surface area contributed by atoms with Gasteiger partial charge in [-0.05, 0) is 24.3 Å². The number of fused-ring (bicyclic) bond motifs is 1. The van der Waals surface area contributed by atoms with Crippen LogP contribution in [0, 0.1) is 0 Å². The van der Waals surface area contributed by atoms with Gasteiger partial charge in [-0.15, -0.1) is 0 Å². The van der Waals surface area contributed by atoms with Crippen LogP contribution in [0.2, 0.25) is 0 Å². The molecule has 1 fully saturated rings. The highest BCUT2D eigenvalue weighted by Crippen LogP contribution is 2.35. The van der Waals surface area contributed by atoms with E-state index in [2.05, 4.69) is 15.5 Å². The molecule has 2 amide bonds. The fourth-order valence-corrected chi connectivity index (χ4v) is 3.32. The molecular formula is C20H18N4O5. The number of likely N-dealkylation sites (tertiary alicyclic amines) is 1. The molecule has 0 radical (unpaired) electrons. The van der Waals surface area contributed by atoms with Gasteiger partial charge >= 0.3 is 6.03 Å². The highest BCUT2D eigenvalue weighted by Gasteiger charge is 2.36. The molecule has 1 N–H and O–H groups in total. The molecule has 1 saturated heterocycles. The molecule has 5 rings (SSSR count). The van der Waals surface area contributed by atoms with Crippen molar-refractivity contribution in [3.05, 3.63) is 48.4 Å². The number of ether oxygens (including phenoxy) is 3. The molecule has 9 heteroatoms. The fraction of sp³-hybridized carbons (Fsp3) is 0.250. The molecule has 3 aromatic rings. The number of para-hydroxylation sites is 1. The van der Waals surface area contributed by atoms with Crippen molar-refractivity contribution in [2.45, 2.75) is 5.92 Å². The number of hydrogen-bond donors (Lipinski definition) is 1. The van der Waals surface area contributed by atoms with Gasteiger partial charge in [-0.3, -0.25) is 0 Å². The molecule has 0 bridgehead atoms. The van der Waals surface area contributed by atoms with Crippen LogP contribution in [0.5, 0.6) is 17.2 Å². The molecular weight excluding hydrogens is 376 g/mol. The lowest BCUT2D eigenvalue weighted by Gasteiger charge is -2.36. The molecule has 2 aliphatic rings. The van der Waals surface area contributed by atoms with E-state index in [1.807, 2.05) is 24.3 Å². The van der Waals surface area contributed by atoms with Gasteiger partial charge in [0.25, 0.3) is 0 Å². The second-order valence-corrected chi connectivity index (χ2v) is 6.76. The largest absolute Gasteiger partial charge is 0.496 e. The molecule has 2 aromatic carbocycles. The van der Waals surface area contributed by atoms with Crippen molar-refractivity contribution in [2.24, 2.45) is 0 Å². The predicted molar refractivity (Wildman–Crippen MR) is 102 cm³/mol. The van der Waals surface area contributed by atoms with Crippen molar-refractivity contribution in [3.63, 3.8) is 0 Å². The molecule has 0 spiro atoms. The summed E-state index contributed by atoms with van der Waals surface area (Å²) in [6.07, 6.45) is 0. The Bertz CT molecular complexity index is 1060. The van der Waals surface area contributed by atoms with Crippen LogP contribution in [-0.4, -0.2) is 48.1 Å². The minimum Gasteiger partial charge on any atom is -0.496 e. The minimum atomic E-state index is -0.190. The smallest absolute Gasteiger partial charge is 0.321 e. The third-order valence-electron chi connectivity index (χ3n) is 4.93. The summed E-state index contributed by atoms with van der Waals surface area (Å²) in [7, 11) is 1.60. The van der Waals surface area contributed by atoms with E-state index in [0.717, 1.165) is 5.56 Å². The van der Waals surface area contributed by atoms with Crippen LogP contribution in [0.1, 0.15) is 11.8 Å². The number of carbonyl (C=O) groups excluding carboxylic acids is 1. The summed E-state index contributed by atoms with van der Waals surface area (Å²) >= 11 is 0. The van der Waals surface area contributed by atoms with Gasteiger partial charge in [0.05, 0.1) is 18.6 Å². The lowest BCUT2D eigenvalue weighted by atomic mass is 10.0. The van der Waals surface area contributed by atoms with E-state index < -0.39 is 0 Å². The third-order valence-corrected chi connectivity index (χ3v) is 4.93. The Labute approximate surface area is 166 Å². The number of nitrogens with one attached hydrogen (secondary N) is 1. The highest BCUT2D eigenvalue weighted by atomic mass is 16.7. The van der Waals surface area contributed by atoms with Crippen molar-refractivity contribution >= 4 is 11.7 Å². The summed E-state index contributed by atoms with van der Waals surface area (Å²) in [6, 6.07) is 12.6. The number of anilines is 1. The van der Waals surface area contributed by atoms with E-state index >= 15 is 0 Å². The molecule has 0 saturated carbocycles. The second kappa shape index (κ2) is 7.01. The molecule has 148 valence electrons. The van der Waals surface area contributed by atoms with E-state index in [4.69, 9.17) is 18.7 Å². The van der Waals surface area contributed by atoms with Crippen LogP contribution in [-0.2, 0) is 0 Å². The molecule has 0 unspecified atom stereocenters. The molecule has 9 nitrogen and oxygen atoms in total. The van der Waals surface area contributed by atoms with Gasteiger partial charge in [0.1, 0.15) is 5.75 Å². The van der Waals surface area contributed by atoms with E-state index in [1.54, 1.807) is 30.2 Å². The average Bonchev–Trinajstić information content (AvgIpc) is 3.36. The summed E-state index contributed by atoms with van der Waals surface area (Å²) in [5, 5.41) is 6.92. The molecule has 29 heavy (non-hydrogen) atoms. The monoisotopic (exact) mass is 394 g/mol. The third kappa shape index (κ3) is 3.20. The number of methoxy groups -OCH3 is 1. The number of carbonyl (C=O) groups is 1. The van der Waals surface area contributed by atoms with Crippen molar-refractivity contribution in [1.82, 2.24) is 15.0 Å². The van der Waals surface area contributed by atoms with Gasteiger partial charge in [-0.25, -0.2) is 4.79 Å². The van der Waals surface area contributed by atoms with Gasteiger partial charge in [0.15, 0.2) is 11.5 Å². The Morgan fingerprint density at radius 2 is 2.00 bits per heavy atom. The number of aromatic nitrogens is 2. The number of amides is 2. The topological polar surface area (TPSA) is 99.0 Å².